The summed E-state index contributed by atoms with van der Waals surface area (Å²) in [5.74, 6) is 0.905. The highest BCUT2D eigenvalue weighted by Crippen LogP contribution is 2.35. The van der Waals surface area contributed by atoms with E-state index in [1.807, 2.05) is 43.3 Å². The highest BCUT2D eigenvalue weighted by atomic mass is 32.2. The van der Waals surface area contributed by atoms with Gasteiger partial charge in [0, 0.05) is 5.69 Å². The summed E-state index contributed by atoms with van der Waals surface area (Å²) in [7, 11) is -3.18. The lowest BCUT2D eigenvalue weighted by Gasteiger charge is -2.14. The van der Waals surface area contributed by atoms with Crippen molar-refractivity contribution >= 4 is 15.5 Å². The molecule has 4 nitrogen and oxygen atoms in total. The van der Waals surface area contributed by atoms with Crippen molar-refractivity contribution in [1.82, 2.24) is 0 Å². The van der Waals surface area contributed by atoms with Crippen molar-refractivity contribution < 1.29 is 13.2 Å². The first-order valence-corrected chi connectivity index (χ1v) is 8.56. The van der Waals surface area contributed by atoms with Crippen LogP contribution in [0, 0.1) is 0 Å². The molecule has 5 heteroatoms. The van der Waals surface area contributed by atoms with Gasteiger partial charge in [0.2, 0.25) is 0 Å². The molecule has 0 aromatic heterocycles. The van der Waals surface area contributed by atoms with Crippen LogP contribution in [0.25, 0.3) is 0 Å². The van der Waals surface area contributed by atoms with E-state index in [-0.39, 0.29) is 11.8 Å². The van der Waals surface area contributed by atoms with Gasteiger partial charge in [-0.3, -0.25) is 0 Å². The van der Waals surface area contributed by atoms with E-state index in [2.05, 4.69) is 5.32 Å². The summed E-state index contributed by atoms with van der Waals surface area (Å²) in [4.78, 5) is 0.438. The zero-order valence-corrected chi connectivity index (χ0v) is 12.6. The van der Waals surface area contributed by atoms with Gasteiger partial charge in [-0.25, -0.2) is 8.42 Å². The van der Waals surface area contributed by atoms with Gasteiger partial charge in [-0.1, -0.05) is 18.2 Å². The number of nitrogens with one attached hydrogen (secondary N) is 1. The summed E-state index contributed by atoms with van der Waals surface area (Å²) < 4.78 is 29.7. The van der Waals surface area contributed by atoms with E-state index in [9.17, 15) is 8.42 Å². The Kier molecular flexibility index (Phi) is 3.59. The average molecular weight is 303 g/mol. The molecule has 0 saturated heterocycles. The quantitative estimate of drug-likeness (QED) is 0.943. The minimum Gasteiger partial charge on any atom is -0.494 e. The fraction of sp³-hybridized carbons (Fsp3) is 0.250. The molecule has 0 fully saturated rings. The van der Waals surface area contributed by atoms with Crippen LogP contribution in [0.3, 0.4) is 0 Å². The fourth-order valence-electron chi connectivity index (χ4n) is 2.59. The van der Waals surface area contributed by atoms with E-state index in [0.717, 1.165) is 17.0 Å². The number of ether oxygens (including phenoxy) is 1. The van der Waals surface area contributed by atoms with Gasteiger partial charge in [-0.05, 0) is 42.8 Å². The Morgan fingerprint density at radius 3 is 2.57 bits per heavy atom. The van der Waals surface area contributed by atoms with E-state index in [0.29, 0.717) is 11.5 Å². The average Bonchev–Trinajstić information content (AvgIpc) is 2.73. The van der Waals surface area contributed by atoms with Gasteiger partial charge in [0.1, 0.15) is 5.75 Å². The third kappa shape index (κ3) is 2.74. The van der Waals surface area contributed by atoms with E-state index in [1.165, 1.54) is 0 Å². The van der Waals surface area contributed by atoms with Crippen molar-refractivity contribution in [3.05, 3.63) is 54.1 Å². The molecule has 0 bridgehead atoms. The van der Waals surface area contributed by atoms with Crippen LogP contribution >= 0.6 is 0 Å². The number of fused-ring (bicyclic) bond motifs is 1. The SMILES string of the molecule is CCOc1ccc(NC2CS(=O)(=O)c3ccccc32)cc1. The molecular formula is C16H17NO3S. The molecule has 0 saturated carbocycles. The van der Waals surface area contributed by atoms with E-state index < -0.39 is 9.84 Å². The van der Waals surface area contributed by atoms with E-state index >= 15 is 0 Å². The van der Waals surface area contributed by atoms with Gasteiger partial charge in [-0.2, -0.15) is 0 Å². The first-order chi connectivity index (χ1) is 10.1. The molecule has 110 valence electrons. The van der Waals surface area contributed by atoms with Gasteiger partial charge >= 0.3 is 0 Å². The van der Waals surface area contributed by atoms with Crippen molar-refractivity contribution in [2.24, 2.45) is 0 Å². The van der Waals surface area contributed by atoms with Crippen molar-refractivity contribution in [3.8, 4) is 5.75 Å². The Morgan fingerprint density at radius 2 is 1.86 bits per heavy atom. The van der Waals surface area contributed by atoms with Crippen LogP contribution in [0.1, 0.15) is 18.5 Å². The topological polar surface area (TPSA) is 55.4 Å². The molecule has 3 rings (SSSR count). The summed E-state index contributed by atoms with van der Waals surface area (Å²) >= 11 is 0. The van der Waals surface area contributed by atoms with E-state index in [4.69, 9.17) is 4.74 Å². The zero-order valence-electron chi connectivity index (χ0n) is 11.7. The van der Waals surface area contributed by atoms with Gasteiger partial charge in [0.15, 0.2) is 9.84 Å². The molecule has 1 unspecified atom stereocenters. The van der Waals surface area contributed by atoms with Crippen LogP contribution in [-0.4, -0.2) is 20.8 Å². The maximum absolute atomic E-state index is 12.1. The van der Waals surface area contributed by atoms with Gasteiger partial charge in [0.25, 0.3) is 0 Å². The van der Waals surface area contributed by atoms with Crippen LogP contribution < -0.4 is 10.1 Å². The monoisotopic (exact) mass is 303 g/mol. The lowest BCUT2D eigenvalue weighted by atomic mass is 10.1. The third-order valence-electron chi connectivity index (χ3n) is 3.52. The highest BCUT2D eigenvalue weighted by Gasteiger charge is 2.34. The van der Waals surface area contributed by atoms with Crippen molar-refractivity contribution in [3.63, 3.8) is 0 Å². The molecule has 1 aliphatic rings. The van der Waals surface area contributed by atoms with Crippen LogP contribution in [0.5, 0.6) is 5.75 Å². The summed E-state index contributed by atoms with van der Waals surface area (Å²) in [6.45, 7) is 2.56. The Hall–Kier alpha value is -2.01. The molecule has 1 heterocycles. The fourth-order valence-corrected chi connectivity index (χ4v) is 4.32. The van der Waals surface area contributed by atoms with Crippen LogP contribution in [0.15, 0.2) is 53.4 Å². The predicted octanol–water partition coefficient (Wildman–Crippen LogP) is 3.03. The third-order valence-corrected chi connectivity index (χ3v) is 5.34. The Morgan fingerprint density at radius 1 is 1.14 bits per heavy atom. The molecule has 21 heavy (non-hydrogen) atoms. The summed E-state index contributed by atoms with van der Waals surface area (Å²) in [6, 6.07) is 14.5. The largest absolute Gasteiger partial charge is 0.494 e. The molecule has 0 radical (unpaired) electrons. The standard InChI is InChI=1S/C16H17NO3S/c1-2-20-13-9-7-12(8-10-13)17-15-11-21(18,19)16-6-4-3-5-14(15)16/h3-10,15,17H,2,11H2,1H3. The zero-order chi connectivity index (χ0) is 14.9. The predicted molar refractivity (Wildman–Crippen MR) is 82.5 cm³/mol. The lowest BCUT2D eigenvalue weighted by Crippen LogP contribution is -2.12. The Labute approximate surface area is 124 Å². The smallest absolute Gasteiger partial charge is 0.181 e. The normalized spacial score (nSPS) is 19.0. The minimum absolute atomic E-state index is 0.0968. The van der Waals surface area contributed by atoms with E-state index in [1.54, 1.807) is 12.1 Å². The van der Waals surface area contributed by atoms with Crippen LogP contribution in [-0.2, 0) is 9.84 Å². The number of hydrogen-bond acceptors (Lipinski definition) is 4. The van der Waals surface area contributed by atoms with Gasteiger partial charge in [-0.15, -0.1) is 0 Å². The van der Waals surface area contributed by atoms with Gasteiger partial charge < -0.3 is 10.1 Å². The summed E-state index contributed by atoms with van der Waals surface area (Å²) in [6.07, 6.45) is 0. The molecule has 2 aromatic carbocycles. The maximum Gasteiger partial charge on any atom is 0.181 e. The highest BCUT2D eigenvalue weighted by molar-refractivity contribution is 7.91. The number of sulfone groups is 1. The lowest BCUT2D eigenvalue weighted by molar-refractivity contribution is 0.340. The molecule has 2 aromatic rings. The molecule has 0 amide bonds. The summed E-state index contributed by atoms with van der Waals surface area (Å²) in [5.41, 5.74) is 1.72. The van der Waals surface area contributed by atoms with Crippen molar-refractivity contribution in [2.75, 3.05) is 17.7 Å². The molecule has 1 atom stereocenters. The first kappa shape index (κ1) is 13.9. The second kappa shape index (κ2) is 5.41. The van der Waals surface area contributed by atoms with Crippen molar-refractivity contribution in [2.45, 2.75) is 17.9 Å². The Balaban J connectivity index is 1.83. The van der Waals surface area contributed by atoms with Crippen molar-refractivity contribution in [1.29, 1.82) is 0 Å². The van der Waals surface area contributed by atoms with Crippen LogP contribution in [0.4, 0.5) is 5.69 Å². The second-order valence-electron chi connectivity index (χ2n) is 4.97. The second-order valence-corrected chi connectivity index (χ2v) is 6.98. The molecule has 1 N–H and O–H groups in total. The minimum atomic E-state index is -3.18. The maximum atomic E-state index is 12.1. The Bertz CT molecular complexity index is 738. The molecule has 0 spiro atoms. The number of rotatable bonds is 4. The number of hydrogen-bond donors (Lipinski definition) is 1. The van der Waals surface area contributed by atoms with Crippen LogP contribution in [0.2, 0.25) is 0 Å². The van der Waals surface area contributed by atoms with Gasteiger partial charge in [0.05, 0.1) is 23.3 Å². The molecule has 0 aliphatic carbocycles. The summed E-state index contributed by atoms with van der Waals surface area (Å²) in [5, 5.41) is 3.29. The first-order valence-electron chi connectivity index (χ1n) is 6.91. The molecule has 1 aliphatic heterocycles. The number of anilines is 1. The number of benzene rings is 2. The molecular weight excluding hydrogens is 286 g/mol.